The molecule has 0 aliphatic heterocycles. The molecule has 0 spiro atoms. The lowest BCUT2D eigenvalue weighted by molar-refractivity contribution is 0.489. The van der Waals surface area contributed by atoms with E-state index in [9.17, 15) is 8.42 Å². The van der Waals surface area contributed by atoms with Crippen LogP contribution in [0.15, 0.2) is 4.99 Å². The Balaban J connectivity index is 0. The van der Waals surface area contributed by atoms with Crippen LogP contribution in [0.2, 0.25) is 0 Å². The zero-order valence-electron chi connectivity index (χ0n) is 14.0. The molecule has 0 aromatic heterocycles. The highest BCUT2D eigenvalue weighted by Crippen LogP contribution is 2.06. The highest BCUT2D eigenvalue weighted by atomic mass is 127. The van der Waals surface area contributed by atoms with E-state index in [4.69, 9.17) is 0 Å². The summed E-state index contributed by atoms with van der Waals surface area (Å²) in [5, 5.41) is 6.47. The molecule has 0 saturated heterocycles. The van der Waals surface area contributed by atoms with Gasteiger partial charge in [0.1, 0.15) is 0 Å². The van der Waals surface area contributed by atoms with Gasteiger partial charge in [0, 0.05) is 18.3 Å². The number of rotatable bonds is 9. The molecule has 0 rings (SSSR count). The van der Waals surface area contributed by atoms with Crippen LogP contribution in [-0.4, -0.2) is 45.0 Å². The van der Waals surface area contributed by atoms with E-state index in [1.165, 1.54) is 0 Å². The SMILES string of the molecule is CCNC(=NCCS(=O)(=O)CC)NC(C)CCC(C)C.I. The van der Waals surface area contributed by atoms with Gasteiger partial charge in [-0.2, -0.15) is 0 Å². The molecular formula is C14H32IN3O2S. The molecule has 5 nitrogen and oxygen atoms in total. The Labute approximate surface area is 147 Å². The number of aliphatic imine (C=N–C) groups is 1. The summed E-state index contributed by atoms with van der Waals surface area (Å²) < 4.78 is 22.9. The lowest BCUT2D eigenvalue weighted by Crippen LogP contribution is -2.42. The lowest BCUT2D eigenvalue weighted by Gasteiger charge is -2.18. The molecule has 0 amide bonds. The fourth-order valence-electron chi connectivity index (χ4n) is 1.65. The molecule has 1 unspecified atom stereocenters. The molecule has 128 valence electrons. The maximum Gasteiger partial charge on any atom is 0.191 e. The monoisotopic (exact) mass is 433 g/mol. The van der Waals surface area contributed by atoms with Gasteiger partial charge in [-0.3, -0.25) is 4.99 Å². The van der Waals surface area contributed by atoms with Crippen molar-refractivity contribution < 1.29 is 8.42 Å². The summed E-state index contributed by atoms with van der Waals surface area (Å²) in [6.07, 6.45) is 2.24. The number of nitrogens with one attached hydrogen (secondary N) is 2. The Morgan fingerprint density at radius 1 is 1.14 bits per heavy atom. The topological polar surface area (TPSA) is 70.6 Å². The minimum Gasteiger partial charge on any atom is -0.357 e. The lowest BCUT2D eigenvalue weighted by atomic mass is 10.0. The minimum atomic E-state index is -2.94. The van der Waals surface area contributed by atoms with E-state index in [0.29, 0.717) is 24.5 Å². The van der Waals surface area contributed by atoms with Crippen molar-refractivity contribution in [3.05, 3.63) is 0 Å². The van der Waals surface area contributed by atoms with E-state index < -0.39 is 9.84 Å². The van der Waals surface area contributed by atoms with E-state index >= 15 is 0 Å². The quantitative estimate of drug-likeness (QED) is 0.333. The third kappa shape index (κ3) is 13.3. The molecule has 0 radical (unpaired) electrons. The van der Waals surface area contributed by atoms with Crippen LogP contribution in [0, 0.1) is 5.92 Å². The highest BCUT2D eigenvalue weighted by Gasteiger charge is 2.08. The molecule has 0 bridgehead atoms. The van der Waals surface area contributed by atoms with Gasteiger partial charge < -0.3 is 10.6 Å². The maximum atomic E-state index is 11.4. The second kappa shape index (κ2) is 12.5. The van der Waals surface area contributed by atoms with Crippen LogP contribution < -0.4 is 10.6 Å². The Kier molecular flexibility index (Phi) is 13.8. The van der Waals surface area contributed by atoms with Gasteiger partial charge in [-0.25, -0.2) is 8.42 Å². The maximum absolute atomic E-state index is 11.4. The molecule has 0 saturated carbocycles. The minimum absolute atomic E-state index is 0. The summed E-state index contributed by atoms with van der Waals surface area (Å²) in [6.45, 7) is 11.3. The summed E-state index contributed by atoms with van der Waals surface area (Å²) in [5.41, 5.74) is 0. The van der Waals surface area contributed by atoms with Crippen molar-refractivity contribution in [3.8, 4) is 0 Å². The van der Waals surface area contributed by atoms with E-state index in [-0.39, 0.29) is 35.5 Å². The third-order valence-corrected chi connectivity index (χ3v) is 4.70. The number of sulfone groups is 1. The predicted molar refractivity (Wildman–Crippen MR) is 102 cm³/mol. The van der Waals surface area contributed by atoms with Crippen LogP contribution in [0.3, 0.4) is 0 Å². The van der Waals surface area contributed by atoms with E-state index in [2.05, 4.69) is 36.4 Å². The number of halogens is 1. The van der Waals surface area contributed by atoms with Crippen LogP contribution >= 0.6 is 24.0 Å². The Bertz CT molecular complexity index is 384. The average molecular weight is 433 g/mol. The summed E-state index contributed by atoms with van der Waals surface area (Å²) in [6, 6.07) is 0.331. The molecule has 2 N–H and O–H groups in total. The molecular weight excluding hydrogens is 401 g/mol. The van der Waals surface area contributed by atoms with Gasteiger partial charge in [0.15, 0.2) is 15.8 Å². The van der Waals surface area contributed by atoms with E-state index in [1.54, 1.807) is 6.92 Å². The summed E-state index contributed by atoms with van der Waals surface area (Å²) >= 11 is 0. The van der Waals surface area contributed by atoms with Gasteiger partial charge in [-0.15, -0.1) is 24.0 Å². The second-order valence-electron chi connectivity index (χ2n) is 5.51. The zero-order valence-corrected chi connectivity index (χ0v) is 17.1. The first-order chi connectivity index (χ1) is 9.30. The fraction of sp³-hybridized carbons (Fsp3) is 0.929. The summed E-state index contributed by atoms with van der Waals surface area (Å²) in [5.74, 6) is 1.68. The van der Waals surface area contributed by atoms with Crippen molar-refractivity contribution in [1.82, 2.24) is 10.6 Å². The van der Waals surface area contributed by atoms with Gasteiger partial charge >= 0.3 is 0 Å². The van der Waals surface area contributed by atoms with Crippen LogP contribution in [-0.2, 0) is 9.84 Å². The Morgan fingerprint density at radius 3 is 2.24 bits per heavy atom. The molecule has 1 atom stereocenters. The summed E-state index contributed by atoms with van der Waals surface area (Å²) in [7, 11) is -2.94. The van der Waals surface area contributed by atoms with Crippen LogP contribution in [0.4, 0.5) is 0 Å². The molecule has 0 heterocycles. The van der Waals surface area contributed by atoms with Crippen molar-refractivity contribution in [3.63, 3.8) is 0 Å². The van der Waals surface area contributed by atoms with Crippen molar-refractivity contribution in [2.24, 2.45) is 10.9 Å². The largest absolute Gasteiger partial charge is 0.357 e. The third-order valence-electron chi connectivity index (χ3n) is 3.02. The van der Waals surface area contributed by atoms with Crippen molar-refractivity contribution in [2.45, 2.75) is 53.5 Å². The number of hydrogen-bond acceptors (Lipinski definition) is 3. The van der Waals surface area contributed by atoms with E-state index in [0.717, 1.165) is 19.4 Å². The van der Waals surface area contributed by atoms with Crippen LogP contribution in [0.25, 0.3) is 0 Å². The first-order valence-electron chi connectivity index (χ1n) is 7.56. The molecule has 0 aliphatic rings. The predicted octanol–water partition coefficient (Wildman–Crippen LogP) is 2.42. The number of guanidine groups is 1. The van der Waals surface area contributed by atoms with Gasteiger partial charge in [-0.1, -0.05) is 20.8 Å². The zero-order chi connectivity index (χ0) is 15.6. The average Bonchev–Trinajstić information content (AvgIpc) is 2.36. The van der Waals surface area contributed by atoms with Crippen molar-refractivity contribution in [1.29, 1.82) is 0 Å². The Hall–Kier alpha value is -0.0500. The normalized spacial score (nSPS) is 13.7. The molecule has 0 aliphatic carbocycles. The molecule has 0 aromatic rings. The summed E-state index contributed by atoms with van der Waals surface area (Å²) in [4.78, 5) is 4.33. The van der Waals surface area contributed by atoms with Crippen molar-refractivity contribution in [2.75, 3.05) is 24.6 Å². The highest BCUT2D eigenvalue weighted by molar-refractivity contribution is 14.0. The number of nitrogens with zero attached hydrogens (tertiary/aromatic N) is 1. The molecule has 0 fully saturated rings. The van der Waals surface area contributed by atoms with Gasteiger partial charge in [0.05, 0.1) is 12.3 Å². The first-order valence-corrected chi connectivity index (χ1v) is 9.38. The van der Waals surface area contributed by atoms with E-state index in [1.807, 2.05) is 6.92 Å². The van der Waals surface area contributed by atoms with Crippen LogP contribution in [0.5, 0.6) is 0 Å². The fourth-order valence-corrected chi connectivity index (χ4v) is 2.31. The van der Waals surface area contributed by atoms with Gasteiger partial charge in [0.25, 0.3) is 0 Å². The standard InChI is InChI=1S/C14H31N3O2S.HI/c1-6-15-14(16-10-11-20(18,19)7-2)17-13(5)9-8-12(3)4;/h12-13H,6-11H2,1-5H3,(H2,15,16,17);1H. The van der Waals surface area contributed by atoms with Crippen LogP contribution in [0.1, 0.15) is 47.5 Å². The molecule has 7 heteroatoms. The Morgan fingerprint density at radius 2 is 1.76 bits per heavy atom. The second-order valence-corrected chi connectivity index (χ2v) is 7.99. The first kappa shape index (κ1) is 23.2. The van der Waals surface area contributed by atoms with Crippen molar-refractivity contribution >= 4 is 39.8 Å². The molecule has 21 heavy (non-hydrogen) atoms. The van der Waals surface area contributed by atoms with Gasteiger partial charge in [-0.05, 0) is 32.6 Å². The number of hydrogen-bond donors (Lipinski definition) is 2. The smallest absolute Gasteiger partial charge is 0.191 e. The molecule has 0 aromatic carbocycles. The van der Waals surface area contributed by atoms with Gasteiger partial charge in [0.2, 0.25) is 0 Å².